The van der Waals surface area contributed by atoms with E-state index in [2.05, 4.69) is 0 Å². The Morgan fingerprint density at radius 3 is 2.67 bits per heavy atom. The fourth-order valence-corrected chi connectivity index (χ4v) is 2.72. The van der Waals surface area contributed by atoms with Gasteiger partial charge in [-0.1, -0.05) is 6.07 Å². The second-order valence-electron chi connectivity index (χ2n) is 4.13. The van der Waals surface area contributed by atoms with Crippen molar-refractivity contribution in [3.63, 3.8) is 0 Å². The number of ether oxygens (including phenoxy) is 1. The summed E-state index contributed by atoms with van der Waals surface area (Å²) in [6, 6.07) is 4.56. The van der Waals surface area contributed by atoms with Gasteiger partial charge in [-0.2, -0.15) is 0 Å². The summed E-state index contributed by atoms with van der Waals surface area (Å²) in [5.74, 6) is 0. The number of nitrogens with zero attached hydrogens (tertiary/aromatic N) is 1. The molecule has 1 unspecified atom stereocenters. The minimum absolute atomic E-state index is 0.131. The zero-order chi connectivity index (χ0) is 13.5. The molecule has 1 aromatic rings. The van der Waals surface area contributed by atoms with E-state index in [9.17, 15) is 13.2 Å². The van der Waals surface area contributed by atoms with E-state index in [-0.39, 0.29) is 11.4 Å². The summed E-state index contributed by atoms with van der Waals surface area (Å²) >= 11 is 0. The predicted octanol–water partition coefficient (Wildman–Crippen LogP) is 1.23. The van der Waals surface area contributed by atoms with E-state index >= 15 is 0 Å². The molecule has 1 aliphatic heterocycles. The first-order valence-corrected chi connectivity index (χ1v) is 7.09. The Labute approximate surface area is 105 Å². The van der Waals surface area contributed by atoms with Gasteiger partial charge in [0.15, 0.2) is 16.1 Å². The molecule has 7 heteroatoms. The summed E-state index contributed by atoms with van der Waals surface area (Å²) in [7, 11) is -1.88. The number of methoxy groups -OCH3 is 1. The van der Waals surface area contributed by atoms with Crippen LogP contribution in [0.3, 0.4) is 0 Å². The highest BCUT2D eigenvalue weighted by Crippen LogP contribution is 2.35. The van der Waals surface area contributed by atoms with Crippen LogP contribution in [0.15, 0.2) is 23.1 Å². The van der Waals surface area contributed by atoms with Crippen molar-refractivity contribution in [2.45, 2.75) is 17.7 Å². The number of hydrogen-bond acceptors (Lipinski definition) is 4. The summed E-state index contributed by atoms with van der Waals surface area (Å²) in [6.45, 7) is 0.131. The Balaban J connectivity index is 2.48. The van der Waals surface area contributed by atoms with Gasteiger partial charge in [-0.3, -0.25) is 4.90 Å². The molecule has 1 amide bonds. The minimum Gasteiger partial charge on any atom is -0.465 e. The van der Waals surface area contributed by atoms with Crippen LogP contribution in [0.25, 0.3) is 0 Å². The highest BCUT2D eigenvalue weighted by Gasteiger charge is 2.34. The van der Waals surface area contributed by atoms with E-state index in [0.29, 0.717) is 11.1 Å². The van der Waals surface area contributed by atoms with Gasteiger partial charge in [0.25, 0.3) is 0 Å². The lowest BCUT2D eigenvalue weighted by molar-refractivity contribution is -0.0139. The van der Waals surface area contributed by atoms with Crippen molar-refractivity contribution >= 4 is 15.9 Å². The van der Waals surface area contributed by atoms with E-state index in [1.54, 1.807) is 6.07 Å². The van der Waals surface area contributed by atoms with Crippen molar-refractivity contribution in [1.29, 1.82) is 0 Å². The van der Waals surface area contributed by atoms with Crippen molar-refractivity contribution < 1.29 is 23.1 Å². The summed E-state index contributed by atoms with van der Waals surface area (Å²) < 4.78 is 28.0. The summed E-state index contributed by atoms with van der Waals surface area (Å²) in [4.78, 5) is 12.4. The minimum atomic E-state index is -3.29. The van der Waals surface area contributed by atoms with Crippen molar-refractivity contribution in [3.05, 3.63) is 29.3 Å². The van der Waals surface area contributed by atoms with Crippen LogP contribution >= 0.6 is 0 Å². The molecule has 98 valence electrons. The molecule has 1 aromatic carbocycles. The molecule has 18 heavy (non-hydrogen) atoms. The third-order valence-corrected chi connectivity index (χ3v) is 4.01. The van der Waals surface area contributed by atoms with Crippen LogP contribution in [-0.2, 0) is 21.1 Å². The smallest absolute Gasteiger partial charge is 0.409 e. The molecule has 1 N–H and O–H groups in total. The maximum absolute atomic E-state index is 11.4. The maximum atomic E-state index is 11.4. The van der Waals surface area contributed by atoms with Crippen LogP contribution in [-0.4, -0.2) is 37.9 Å². The highest BCUT2D eigenvalue weighted by atomic mass is 32.2. The van der Waals surface area contributed by atoms with Gasteiger partial charge in [-0.05, 0) is 17.7 Å². The second kappa shape index (κ2) is 4.25. The second-order valence-corrected chi connectivity index (χ2v) is 6.15. The molecule has 1 atom stereocenters. The molecule has 0 radical (unpaired) electrons. The van der Waals surface area contributed by atoms with Gasteiger partial charge < -0.3 is 9.84 Å². The van der Waals surface area contributed by atoms with Gasteiger partial charge in [0.05, 0.1) is 11.4 Å². The third kappa shape index (κ3) is 2.06. The molecule has 0 aromatic heterocycles. The van der Waals surface area contributed by atoms with Gasteiger partial charge >= 0.3 is 6.09 Å². The Morgan fingerprint density at radius 2 is 2.17 bits per heavy atom. The number of fused-ring (bicyclic) bond motifs is 1. The first-order chi connectivity index (χ1) is 8.34. The summed E-state index contributed by atoms with van der Waals surface area (Å²) in [6.07, 6.45) is -0.656. The Morgan fingerprint density at radius 1 is 1.50 bits per heavy atom. The van der Waals surface area contributed by atoms with E-state index in [1.807, 2.05) is 0 Å². The Bertz CT molecular complexity index is 595. The van der Waals surface area contributed by atoms with Crippen molar-refractivity contribution in [2.24, 2.45) is 0 Å². The number of sulfone groups is 1. The Hall–Kier alpha value is -1.60. The lowest BCUT2D eigenvalue weighted by atomic mass is 10.1. The van der Waals surface area contributed by atoms with Crippen molar-refractivity contribution in [2.75, 3.05) is 13.4 Å². The van der Waals surface area contributed by atoms with Crippen LogP contribution in [0.5, 0.6) is 0 Å². The molecular weight excluding hydrogens is 258 g/mol. The SMILES string of the molecule is COC1c2ccc(S(C)(=O)=O)cc2CN1C(=O)O. The van der Waals surface area contributed by atoms with Gasteiger partial charge in [0.2, 0.25) is 0 Å². The maximum Gasteiger partial charge on any atom is 0.409 e. The molecule has 1 heterocycles. The van der Waals surface area contributed by atoms with E-state index in [1.165, 1.54) is 19.2 Å². The van der Waals surface area contributed by atoms with Crippen LogP contribution in [0, 0.1) is 0 Å². The van der Waals surface area contributed by atoms with Gasteiger partial charge in [0.1, 0.15) is 0 Å². The molecule has 0 saturated carbocycles. The van der Waals surface area contributed by atoms with E-state index in [0.717, 1.165) is 11.2 Å². The topological polar surface area (TPSA) is 83.9 Å². The standard InChI is InChI=1S/C11H13NO5S/c1-17-10-9-4-3-8(18(2,15)16)5-7(9)6-12(10)11(13)14/h3-5,10H,6H2,1-2H3,(H,13,14). The molecule has 0 fully saturated rings. The van der Waals surface area contributed by atoms with Crippen molar-refractivity contribution in [1.82, 2.24) is 4.90 Å². The number of carboxylic acid groups (broad SMARTS) is 1. The fourth-order valence-electron chi connectivity index (χ4n) is 2.05. The van der Waals surface area contributed by atoms with Gasteiger partial charge in [-0.15, -0.1) is 0 Å². The normalized spacial score (nSPS) is 18.8. The number of amides is 1. The Kier molecular flexibility index (Phi) is 3.04. The van der Waals surface area contributed by atoms with E-state index in [4.69, 9.17) is 9.84 Å². The fraction of sp³-hybridized carbons (Fsp3) is 0.364. The average molecular weight is 271 g/mol. The first kappa shape index (κ1) is 12.8. The number of rotatable bonds is 2. The van der Waals surface area contributed by atoms with Gasteiger partial charge in [-0.25, -0.2) is 13.2 Å². The monoisotopic (exact) mass is 271 g/mol. The van der Waals surface area contributed by atoms with E-state index < -0.39 is 22.2 Å². The molecular formula is C11H13NO5S. The average Bonchev–Trinajstić information content (AvgIpc) is 2.65. The van der Waals surface area contributed by atoms with Crippen LogP contribution < -0.4 is 0 Å². The summed E-state index contributed by atoms with van der Waals surface area (Å²) in [5, 5.41) is 9.04. The van der Waals surface area contributed by atoms with Gasteiger partial charge in [0, 0.05) is 18.9 Å². The largest absolute Gasteiger partial charge is 0.465 e. The molecule has 6 nitrogen and oxygen atoms in total. The van der Waals surface area contributed by atoms with Crippen LogP contribution in [0.1, 0.15) is 17.4 Å². The molecule has 0 spiro atoms. The first-order valence-electron chi connectivity index (χ1n) is 5.20. The lowest BCUT2D eigenvalue weighted by Gasteiger charge is -2.20. The zero-order valence-corrected chi connectivity index (χ0v) is 10.8. The highest BCUT2D eigenvalue weighted by molar-refractivity contribution is 7.90. The lowest BCUT2D eigenvalue weighted by Crippen LogP contribution is -2.28. The quantitative estimate of drug-likeness (QED) is 0.874. The molecule has 0 bridgehead atoms. The molecule has 0 saturated heterocycles. The molecule has 0 aliphatic carbocycles. The number of benzene rings is 1. The third-order valence-electron chi connectivity index (χ3n) is 2.90. The van der Waals surface area contributed by atoms with Crippen LogP contribution in [0.2, 0.25) is 0 Å². The number of carbonyl (C=O) groups is 1. The molecule has 2 rings (SSSR count). The van der Waals surface area contributed by atoms with Crippen molar-refractivity contribution in [3.8, 4) is 0 Å². The zero-order valence-electron chi connectivity index (χ0n) is 9.95. The van der Waals surface area contributed by atoms with Crippen LogP contribution in [0.4, 0.5) is 4.79 Å². The predicted molar refractivity (Wildman–Crippen MR) is 62.9 cm³/mol. The summed E-state index contributed by atoms with van der Waals surface area (Å²) in [5.41, 5.74) is 1.35. The molecule has 1 aliphatic rings. The number of hydrogen-bond donors (Lipinski definition) is 1.